The first kappa shape index (κ1) is 9.36. The van der Waals surface area contributed by atoms with E-state index in [2.05, 4.69) is 13.5 Å². The number of unbranched alkanes of at least 4 members (excludes halogenated alkanes) is 2. The van der Waals surface area contributed by atoms with Gasteiger partial charge in [0.25, 0.3) is 0 Å². The quantitative estimate of drug-likeness (QED) is 0.332. The molecular formula is C8H16Zn. The minimum atomic E-state index is -0.00474. The fourth-order valence-corrected chi connectivity index (χ4v) is 3.42. The van der Waals surface area contributed by atoms with Gasteiger partial charge in [0.1, 0.15) is 0 Å². The summed E-state index contributed by atoms with van der Waals surface area (Å²) < 4.78 is 0. The Kier molecular flexibility index (Phi) is 8.70. The number of hydrogen-bond acceptors (Lipinski definition) is 0. The second-order valence-electron chi connectivity index (χ2n) is 2.49. The maximum absolute atomic E-state index is 3.69. The fraction of sp³-hybridized carbons (Fsp3) is 0.750. The Morgan fingerprint density at radius 1 is 1.44 bits per heavy atom. The van der Waals surface area contributed by atoms with Gasteiger partial charge in [-0.05, 0) is 0 Å². The van der Waals surface area contributed by atoms with Crippen molar-refractivity contribution in [2.24, 2.45) is 0 Å². The molecule has 0 aliphatic rings. The summed E-state index contributed by atoms with van der Waals surface area (Å²) in [5, 5.41) is 3.12. The van der Waals surface area contributed by atoms with Crippen molar-refractivity contribution in [3.05, 3.63) is 12.7 Å². The third kappa shape index (κ3) is 8.36. The van der Waals surface area contributed by atoms with Crippen molar-refractivity contribution < 1.29 is 17.1 Å². The molecule has 0 saturated carbocycles. The molecule has 0 fully saturated rings. The van der Waals surface area contributed by atoms with Gasteiger partial charge in [0, 0.05) is 0 Å². The molecule has 0 heterocycles. The zero-order valence-corrected chi connectivity index (χ0v) is 9.49. The molecule has 0 spiro atoms. The summed E-state index contributed by atoms with van der Waals surface area (Å²) in [7, 11) is 0. The zero-order chi connectivity index (χ0) is 6.95. The van der Waals surface area contributed by atoms with Crippen molar-refractivity contribution in [2.45, 2.75) is 36.2 Å². The van der Waals surface area contributed by atoms with Gasteiger partial charge in [-0.15, -0.1) is 0 Å². The first-order chi connectivity index (χ1) is 4.41. The first-order valence-electron chi connectivity index (χ1n) is 4.02. The molecule has 0 bridgehead atoms. The Bertz CT molecular complexity index is 59.6. The van der Waals surface area contributed by atoms with E-state index in [9.17, 15) is 0 Å². The van der Waals surface area contributed by atoms with Crippen LogP contribution in [0.15, 0.2) is 12.7 Å². The monoisotopic (exact) mass is 176 g/mol. The van der Waals surface area contributed by atoms with Gasteiger partial charge in [0.2, 0.25) is 0 Å². The number of hydrogen-bond donors (Lipinski definition) is 0. The summed E-state index contributed by atoms with van der Waals surface area (Å²) in [6.07, 6.45) is 6.11. The summed E-state index contributed by atoms with van der Waals surface area (Å²) in [5.41, 5.74) is 0. The van der Waals surface area contributed by atoms with Crippen LogP contribution in [0, 0.1) is 0 Å². The van der Waals surface area contributed by atoms with Gasteiger partial charge >= 0.3 is 66.0 Å². The first-order valence-corrected chi connectivity index (χ1v) is 8.22. The SMILES string of the molecule is C=CCCC[CH2][Zn][CH2]C. The standard InChI is InChI=1S/C6H11.C2H5.Zn/c1-3-5-6-4-2;1-2;/h3H,1-2,4-6H2;1H2,2H3;. The van der Waals surface area contributed by atoms with Gasteiger partial charge in [-0.25, -0.2) is 0 Å². The van der Waals surface area contributed by atoms with Crippen molar-refractivity contribution in [3.8, 4) is 0 Å². The van der Waals surface area contributed by atoms with Crippen LogP contribution in [-0.4, -0.2) is 0 Å². The summed E-state index contributed by atoms with van der Waals surface area (Å²) >= 11 is -0.00474. The van der Waals surface area contributed by atoms with E-state index in [1.54, 1.807) is 5.02 Å². The van der Waals surface area contributed by atoms with E-state index >= 15 is 0 Å². The van der Waals surface area contributed by atoms with Crippen molar-refractivity contribution >= 4 is 0 Å². The summed E-state index contributed by atoms with van der Waals surface area (Å²) in [6.45, 7) is 6.02. The van der Waals surface area contributed by atoms with E-state index in [1.165, 1.54) is 24.3 Å². The van der Waals surface area contributed by atoms with E-state index in [1.807, 2.05) is 6.08 Å². The van der Waals surface area contributed by atoms with Gasteiger partial charge in [-0.2, -0.15) is 0 Å². The Labute approximate surface area is 66.3 Å². The zero-order valence-electron chi connectivity index (χ0n) is 6.53. The van der Waals surface area contributed by atoms with Crippen LogP contribution in [0.5, 0.6) is 0 Å². The normalized spacial score (nSPS) is 8.56. The van der Waals surface area contributed by atoms with Crippen LogP contribution in [-0.2, 0) is 17.1 Å². The molecule has 0 N–H and O–H groups in total. The third-order valence-corrected chi connectivity index (χ3v) is 5.09. The molecule has 0 aliphatic carbocycles. The maximum atomic E-state index is 3.69. The molecule has 50 valence electrons. The Morgan fingerprint density at radius 2 is 2.22 bits per heavy atom. The molecule has 0 aromatic carbocycles. The average molecular weight is 178 g/mol. The fourth-order valence-electron chi connectivity index (χ4n) is 0.892. The predicted octanol–water partition coefficient (Wildman–Crippen LogP) is 3.28. The van der Waals surface area contributed by atoms with Crippen LogP contribution in [0.25, 0.3) is 0 Å². The molecular weight excluding hydrogens is 161 g/mol. The molecule has 0 nitrogen and oxygen atoms in total. The molecule has 0 rings (SSSR count). The van der Waals surface area contributed by atoms with E-state index in [0.29, 0.717) is 0 Å². The van der Waals surface area contributed by atoms with E-state index in [-0.39, 0.29) is 17.1 Å². The molecule has 0 saturated heterocycles. The van der Waals surface area contributed by atoms with Crippen LogP contribution < -0.4 is 0 Å². The van der Waals surface area contributed by atoms with Crippen LogP contribution in [0.2, 0.25) is 10.0 Å². The summed E-state index contributed by atoms with van der Waals surface area (Å²) in [6, 6.07) is 0. The summed E-state index contributed by atoms with van der Waals surface area (Å²) in [4.78, 5) is 0. The molecule has 9 heavy (non-hydrogen) atoms. The second-order valence-corrected chi connectivity index (χ2v) is 7.56. The van der Waals surface area contributed by atoms with Crippen LogP contribution in [0.1, 0.15) is 26.2 Å². The predicted molar refractivity (Wildman–Crippen MR) is 39.3 cm³/mol. The molecule has 0 aromatic heterocycles. The topological polar surface area (TPSA) is 0 Å². The van der Waals surface area contributed by atoms with Crippen LogP contribution in [0.4, 0.5) is 0 Å². The number of rotatable bonds is 6. The van der Waals surface area contributed by atoms with E-state index in [4.69, 9.17) is 0 Å². The number of allylic oxidation sites excluding steroid dienone is 1. The van der Waals surface area contributed by atoms with Crippen molar-refractivity contribution in [2.75, 3.05) is 0 Å². The summed E-state index contributed by atoms with van der Waals surface area (Å²) in [5.74, 6) is 0. The Balaban J connectivity index is 2.66. The van der Waals surface area contributed by atoms with Gasteiger partial charge in [-0.3, -0.25) is 0 Å². The minimum absolute atomic E-state index is 0.00474. The Hall–Kier alpha value is 0.363. The van der Waals surface area contributed by atoms with Gasteiger partial charge in [-0.1, -0.05) is 0 Å². The third-order valence-electron chi connectivity index (χ3n) is 1.51. The van der Waals surface area contributed by atoms with E-state index < -0.39 is 0 Å². The van der Waals surface area contributed by atoms with Gasteiger partial charge in [0.15, 0.2) is 0 Å². The van der Waals surface area contributed by atoms with Crippen LogP contribution in [0.3, 0.4) is 0 Å². The van der Waals surface area contributed by atoms with Crippen molar-refractivity contribution in [1.82, 2.24) is 0 Å². The van der Waals surface area contributed by atoms with Gasteiger partial charge in [0.05, 0.1) is 0 Å². The van der Waals surface area contributed by atoms with E-state index in [0.717, 1.165) is 0 Å². The average Bonchev–Trinajstić information content (AvgIpc) is 1.89. The molecule has 0 aliphatic heterocycles. The molecule has 0 unspecified atom stereocenters. The molecule has 0 amide bonds. The van der Waals surface area contributed by atoms with Gasteiger partial charge < -0.3 is 0 Å². The van der Waals surface area contributed by atoms with Crippen LogP contribution >= 0.6 is 0 Å². The molecule has 1 heteroatoms. The van der Waals surface area contributed by atoms with Crippen molar-refractivity contribution in [3.63, 3.8) is 0 Å². The Morgan fingerprint density at radius 3 is 2.78 bits per heavy atom. The molecule has 0 aromatic rings. The second kappa shape index (κ2) is 8.36. The van der Waals surface area contributed by atoms with Crippen molar-refractivity contribution in [1.29, 1.82) is 0 Å². The molecule has 0 atom stereocenters. The molecule has 0 radical (unpaired) electrons.